The third-order valence-corrected chi connectivity index (χ3v) is 10.2. The van der Waals surface area contributed by atoms with Gasteiger partial charge in [0.2, 0.25) is 0 Å². The fourth-order valence-corrected chi connectivity index (χ4v) is 8.76. The minimum atomic E-state index is -1.04. The van der Waals surface area contributed by atoms with Crippen LogP contribution in [0.5, 0.6) is 0 Å². The molecule has 0 unspecified atom stereocenters. The van der Waals surface area contributed by atoms with E-state index in [-0.39, 0.29) is 22.8 Å². The molecule has 1 saturated heterocycles. The number of likely N-dealkylation sites (N-methyl/N-ethyl adjacent to an activating group) is 1. The van der Waals surface area contributed by atoms with Gasteiger partial charge in [0, 0.05) is 39.7 Å². The smallest absolute Gasteiger partial charge is 0.348 e. The lowest BCUT2D eigenvalue weighted by Crippen LogP contribution is -2.63. The van der Waals surface area contributed by atoms with Gasteiger partial charge in [0.1, 0.15) is 5.57 Å². The minimum Gasteiger partial charge on any atom is -0.418 e. The van der Waals surface area contributed by atoms with Crippen LogP contribution in [-0.2, 0) is 24.5 Å². The summed E-state index contributed by atoms with van der Waals surface area (Å²) in [4.78, 5) is 28.9. The quantitative estimate of drug-likeness (QED) is 0.230. The van der Waals surface area contributed by atoms with Gasteiger partial charge in [-0.3, -0.25) is 0 Å². The van der Waals surface area contributed by atoms with E-state index in [0.29, 0.717) is 11.8 Å². The number of halogens is 1. The largest absolute Gasteiger partial charge is 0.418 e. The Morgan fingerprint density at radius 1 is 0.946 bits per heavy atom. The van der Waals surface area contributed by atoms with Gasteiger partial charge >= 0.3 is 11.9 Å². The summed E-state index contributed by atoms with van der Waals surface area (Å²) in [6.07, 6.45) is 8.82. The zero-order valence-corrected chi connectivity index (χ0v) is 23.1. The second-order valence-electron chi connectivity index (χ2n) is 12.1. The lowest BCUT2D eigenvalue weighted by molar-refractivity contribution is -0.313. The highest BCUT2D eigenvalue weighted by Gasteiger charge is 2.64. The highest BCUT2D eigenvalue weighted by molar-refractivity contribution is 9.10. The van der Waals surface area contributed by atoms with Crippen molar-refractivity contribution in [2.75, 3.05) is 11.4 Å². The van der Waals surface area contributed by atoms with E-state index in [4.69, 9.17) is 9.47 Å². The summed E-state index contributed by atoms with van der Waals surface area (Å²) < 4.78 is 13.2. The molecule has 2 aromatic rings. The third kappa shape index (κ3) is 3.27. The first-order valence-electron chi connectivity index (χ1n) is 13.6. The molecule has 0 radical (unpaired) electrons. The molecule has 1 spiro atoms. The summed E-state index contributed by atoms with van der Waals surface area (Å²) in [5.74, 6) is -0.448. The van der Waals surface area contributed by atoms with Crippen LogP contribution < -0.4 is 4.90 Å². The maximum Gasteiger partial charge on any atom is 0.348 e. The fraction of sp³-hybridized carbons (Fsp3) is 0.484. The average molecular weight is 563 g/mol. The maximum absolute atomic E-state index is 13.3. The van der Waals surface area contributed by atoms with Gasteiger partial charge in [-0.15, -0.1) is 0 Å². The lowest BCUT2D eigenvalue weighted by Gasteiger charge is -2.59. The van der Waals surface area contributed by atoms with Crippen LogP contribution in [0.2, 0.25) is 0 Å². The minimum absolute atomic E-state index is 0.0106. The Balaban J connectivity index is 1.24. The third-order valence-electron chi connectivity index (χ3n) is 9.75. The van der Waals surface area contributed by atoms with Crippen molar-refractivity contribution < 1.29 is 19.1 Å². The van der Waals surface area contributed by atoms with Gasteiger partial charge in [-0.2, -0.15) is 0 Å². The van der Waals surface area contributed by atoms with Crippen molar-refractivity contribution in [3.63, 3.8) is 0 Å². The summed E-state index contributed by atoms with van der Waals surface area (Å²) in [6, 6.07) is 10.7. The molecule has 5 nitrogen and oxygen atoms in total. The first-order valence-corrected chi connectivity index (χ1v) is 14.4. The number of ether oxygens (including phenoxy) is 2. The molecule has 192 valence electrons. The number of anilines is 1. The number of benzene rings is 2. The molecule has 37 heavy (non-hydrogen) atoms. The molecular weight excluding hydrogens is 530 g/mol. The number of fused-ring (bicyclic) bond motifs is 3. The molecule has 4 saturated carbocycles. The van der Waals surface area contributed by atoms with Crippen molar-refractivity contribution in [3.05, 3.63) is 63.8 Å². The molecule has 8 rings (SSSR count). The first kappa shape index (κ1) is 23.5. The molecule has 4 aliphatic carbocycles. The number of rotatable bonds is 2. The van der Waals surface area contributed by atoms with E-state index in [2.05, 4.69) is 71.9 Å². The number of nitrogens with zero attached hydrogens (tertiary/aromatic N) is 1. The van der Waals surface area contributed by atoms with E-state index in [1.807, 2.05) is 6.08 Å². The van der Waals surface area contributed by atoms with Crippen molar-refractivity contribution in [3.8, 4) is 0 Å². The predicted octanol–water partition coefficient (Wildman–Crippen LogP) is 6.78. The van der Waals surface area contributed by atoms with Crippen LogP contribution in [0.1, 0.15) is 58.4 Å². The summed E-state index contributed by atoms with van der Waals surface area (Å²) in [5.41, 5.74) is 3.13. The lowest BCUT2D eigenvalue weighted by atomic mass is 9.53. The van der Waals surface area contributed by atoms with Crippen LogP contribution in [-0.4, -0.2) is 24.3 Å². The highest BCUT2D eigenvalue weighted by atomic mass is 79.9. The second kappa shape index (κ2) is 7.95. The van der Waals surface area contributed by atoms with Crippen LogP contribution in [0.15, 0.2) is 58.2 Å². The van der Waals surface area contributed by atoms with Crippen molar-refractivity contribution in [2.24, 2.45) is 23.7 Å². The van der Waals surface area contributed by atoms with E-state index in [0.717, 1.165) is 48.1 Å². The van der Waals surface area contributed by atoms with Gasteiger partial charge in [-0.05, 0) is 97.6 Å². The predicted molar refractivity (Wildman–Crippen MR) is 146 cm³/mol. The molecule has 6 aliphatic rings. The topological polar surface area (TPSA) is 55.8 Å². The van der Waals surface area contributed by atoms with Crippen molar-refractivity contribution in [2.45, 2.75) is 64.1 Å². The number of esters is 2. The number of carbonyl (C=O) groups is 2. The van der Waals surface area contributed by atoms with E-state index >= 15 is 0 Å². The molecular formula is C31H32BrNO4. The molecule has 2 aromatic carbocycles. The summed E-state index contributed by atoms with van der Waals surface area (Å²) >= 11 is 3.59. The Labute approximate surface area is 226 Å². The van der Waals surface area contributed by atoms with Gasteiger partial charge in [-0.1, -0.05) is 41.9 Å². The highest BCUT2D eigenvalue weighted by Crippen LogP contribution is 2.61. The molecule has 2 aliphatic heterocycles. The number of hydrogen-bond donors (Lipinski definition) is 0. The van der Waals surface area contributed by atoms with Crippen LogP contribution >= 0.6 is 15.9 Å². The summed E-state index contributed by atoms with van der Waals surface area (Å²) in [6.45, 7) is 7.30. The summed E-state index contributed by atoms with van der Waals surface area (Å²) in [5, 5.41) is 2.39. The molecule has 4 bridgehead atoms. The molecule has 0 atom stereocenters. The molecule has 0 amide bonds. The van der Waals surface area contributed by atoms with Crippen molar-refractivity contribution in [1.29, 1.82) is 0 Å². The van der Waals surface area contributed by atoms with Gasteiger partial charge in [0.15, 0.2) is 0 Å². The molecule has 0 N–H and O–H groups in total. The molecule has 5 fully saturated rings. The van der Waals surface area contributed by atoms with E-state index in [1.165, 1.54) is 22.8 Å². The maximum atomic E-state index is 13.3. The Bertz CT molecular complexity index is 1370. The number of carbonyl (C=O) groups excluding carboxylic acids is 2. The molecule has 2 heterocycles. The van der Waals surface area contributed by atoms with Crippen LogP contribution in [0.4, 0.5) is 5.69 Å². The Morgan fingerprint density at radius 3 is 2.22 bits per heavy atom. The van der Waals surface area contributed by atoms with Gasteiger partial charge in [0.25, 0.3) is 5.79 Å². The summed E-state index contributed by atoms with van der Waals surface area (Å²) in [7, 11) is 0. The second-order valence-corrected chi connectivity index (χ2v) is 13.0. The van der Waals surface area contributed by atoms with Gasteiger partial charge in [-0.25, -0.2) is 9.59 Å². The molecule has 6 heteroatoms. The zero-order chi connectivity index (χ0) is 25.7. The average Bonchev–Trinajstić information content (AvgIpc) is 3.07. The fourth-order valence-electron chi connectivity index (χ4n) is 8.38. The van der Waals surface area contributed by atoms with Crippen LogP contribution in [0.3, 0.4) is 0 Å². The van der Waals surface area contributed by atoms with E-state index in [9.17, 15) is 9.59 Å². The number of hydrogen-bond acceptors (Lipinski definition) is 5. The zero-order valence-electron chi connectivity index (χ0n) is 21.6. The van der Waals surface area contributed by atoms with Crippen molar-refractivity contribution in [1.82, 2.24) is 0 Å². The SMILES string of the molecule is CCN1/C(=C\C=C2C(=O)OC3(OC2=O)C2CC4CC(C2)CC3C4)C(C)(C)c2c1ccc1cc(Br)ccc21. The van der Waals surface area contributed by atoms with Gasteiger partial charge < -0.3 is 14.4 Å². The monoisotopic (exact) mass is 561 g/mol. The normalized spacial score (nSPS) is 34.3. The Hall–Kier alpha value is -2.60. The van der Waals surface area contributed by atoms with Crippen LogP contribution in [0.25, 0.3) is 10.8 Å². The van der Waals surface area contributed by atoms with Gasteiger partial charge in [0.05, 0.1) is 0 Å². The molecule has 0 aromatic heterocycles. The Morgan fingerprint density at radius 2 is 1.59 bits per heavy atom. The van der Waals surface area contributed by atoms with Crippen LogP contribution in [0, 0.1) is 23.7 Å². The van der Waals surface area contributed by atoms with E-state index in [1.54, 1.807) is 6.08 Å². The van der Waals surface area contributed by atoms with Crippen molar-refractivity contribution >= 4 is 44.3 Å². The first-order chi connectivity index (χ1) is 17.7. The number of allylic oxidation sites excluding steroid dienone is 3. The Kier molecular flexibility index (Phi) is 5.05. The van der Waals surface area contributed by atoms with E-state index < -0.39 is 17.7 Å². The standard InChI is InChI=1S/C31H32BrNO4/c1-4-33-25-9-5-19-16-22(32)6-7-23(19)27(25)30(2,3)26(33)10-8-24-28(34)36-31(37-29(24)35)20-12-17-11-18(14-20)15-21(31)13-17/h5-10,16-18,20-21H,4,11-15H2,1-3H3/b24-8?,26-10-.